The number of phenols is 1. The summed E-state index contributed by atoms with van der Waals surface area (Å²) < 4.78 is 44.4. The van der Waals surface area contributed by atoms with Crippen molar-refractivity contribution in [3.05, 3.63) is 83.9 Å². The van der Waals surface area contributed by atoms with Gasteiger partial charge in [0, 0.05) is 30.3 Å². The van der Waals surface area contributed by atoms with E-state index in [-0.39, 0.29) is 35.0 Å². The first-order valence-corrected chi connectivity index (χ1v) is 11.0. The van der Waals surface area contributed by atoms with Gasteiger partial charge in [0.25, 0.3) is 5.91 Å². The van der Waals surface area contributed by atoms with Crippen molar-refractivity contribution in [2.45, 2.75) is 19.0 Å². The van der Waals surface area contributed by atoms with E-state index < -0.39 is 11.7 Å². The van der Waals surface area contributed by atoms with Gasteiger partial charge in [-0.05, 0) is 73.5 Å². The van der Waals surface area contributed by atoms with Crippen LogP contribution in [0.5, 0.6) is 17.2 Å². The molecule has 182 valence electrons. The molecule has 0 saturated carbocycles. The number of hydrogen-bond donors (Lipinski definition) is 2. The zero-order valence-corrected chi connectivity index (χ0v) is 18.6. The Hall–Kier alpha value is -4.01. The molecule has 2 N–H and O–H groups in total. The molecule has 2 amide bonds. The largest absolute Gasteiger partial charge is 0.508 e. The number of hydrogen-bond acceptors (Lipinski definition) is 4. The number of benzene rings is 3. The number of rotatable bonds is 5. The molecular weight excluding hydrogens is 461 g/mol. The molecule has 3 aromatic carbocycles. The van der Waals surface area contributed by atoms with Crippen molar-refractivity contribution in [2.24, 2.45) is 5.92 Å². The van der Waals surface area contributed by atoms with Gasteiger partial charge in [-0.3, -0.25) is 9.59 Å². The molecule has 6 nitrogen and oxygen atoms in total. The number of alkyl halides is 3. The molecule has 1 saturated heterocycles. The van der Waals surface area contributed by atoms with Gasteiger partial charge in [-0.2, -0.15) is 13.2 Å². The third-order valence-electron chi connectivity index (χ3n) is 5.77. The maximum absolute atomic E-state index is 13.0. The van der Waals surface area contributed by atoms with Gasteiger partial charge in [0.05, 0.1) is 5.56 Å². The summed E-state index contributed by atoms with van der Waals surface area (Å²) in [5, 5.41) is 12.2. The van der Waals surface area contributed by atoms with Crippen molar-refractivity contribution in [3.8, 4) is 17.2 Å². The molecule has 0 radical (unpaired) electrons. The van der Waals surface area contributed by atoms with Crippen molar-refractivity contribution in [3.63, 3.8) is 0 Å². The summed E-state index contributed by atoms with van der Waals surface area (Å²) in [7, 11) is 0. The maximum Gasteiger partial charge on any atom is 0.416 e. The van der Waals surface area contributed by atoms with Gasteiger partial charge in [-0.1, -0.05) is 12.1 Å². The van der Waals surface area contributed by atoms with E-state index in [9.17, 15) is 27.9 Å². The maximum atomic E-state index is 13.0. The molecule has 4 rings (SSSR count). The van der Waals surface area contributed by atoms with Gasteiger partial charge in [0.15, 0.2) is 0 Å². The second kappa shape index (κ2) is 10.1. The zero-order chi connectivity index (χ0) is 25.0. The summed E-state index contributed by atoms with van der Waals surface area (Å²) >= 11 is 0. The zero-order valence-electron chi connectivity index (χ0n) is 18.6. The molecule has 0 bridgehead atoms. The van der Waals surface area contributed by atoms with Crippen LogP contribution in [0.2, 0.25) is 0 Å². The Labute approximate surface area is 199 Å². The van der Waals surface area contributed by atoms with E-state index in [1.54, 1.807) is 35.2 Å². The minimum absolute atomic E-state index is 0.0184. The monoisotopic (exact) mass is 484 g/mol. The highest BCUT2D eigenvalue weighted by Crippen LogP contribution is 2.33. The number of carbonyl (C=O) groups excluding carboxylic acids is 2. The number of nitrogens with one attached hydrogen (secondary N) is 1. The van der Waals surface area contributed by atoms with Gasteiger partial charge in [0.2, 0.25) is 5.91 Å². The highest BCUT2D eigenvalue weighted by Gasteiger charge is 2.31. The number of ether oxygens (including phenoxy) is 1. The van der Waals surface area contributed by atoms with E-state index >= 15 is 0 Å². The van der Waals surface area contributed by atoms with Crippen LogP contribution in [0.25, 0.3) is 0 Å². The third-order valence-corrected chi connectivity index (χ3v) is 5.77. The quantitative estimate of drug-likeness (QED) is 0.456. The molecule has 0 spiro atoms. The van der Waals surface area contributed by atoms with E-state index in [2.05, 4.69) is 5.32 Å². The number of halogens is 3. The van der Waals surface area contributed by atoms with Crippen molar-refractivity contribution in [2.75, 3.05) is 18.4 Å². The number of likely N-dealkylation sites (tertiary alicyclic amines) is 1. The van der Waals surface area contributed by atoms with Gasteiger partial charge < -0.3 is 20.1 Å². The lowest BCUT2D eigenvalue weighted by atomic mass is 9.95. The molecule has 1 aliphatic heterocycles. The molecule has 0 unspecified atom stereocenters. The van der Waals surface area contributed by atoms with Crippen LogP contribution in [0.4, 0.5) is 18.9 Å². The predicted octanol–water partition coefficient (Wildman–Crippen LogP) is 5.69. The van der Waals surface area contributed by atoms with E-state index in [1.165, 1.54) is 30.3 Å². The molecule has 0 atom stereocenters. The number of phenolic OH excluding ortho intramolecular Hbond substituents is 1. The van der Waals surface area contributed by atoms with E-state index in [0.717, 1.165) is 12.1 Å². The Kier molecular flexibility index (Phi) is 6.95. The van der Waals surface area contributed by atoms with Crippen LogP contribution in [0.15, 0.2) is 72.8 Å². The third kappa shape index (κ3) is 6.11. The number of piperidine rings is 1. The first-order valence-electron chi connectivity index (χ1n) is 11.0. The standard InChI is InChI=1S/C26H23F3N2O4/c27-26(28,29)19-4-2-6-23(16-19)35-22-5-1-3-18(15-22)25(34)31-13-11-17(12-14-31)24(33)30-20-7-9-21(32)10-8-20/h1-10,15-17,32H,11-14H2,(H,30,33). The SMILES string of the molecule is O=C(Nc1ccc(O)cc1)C1CCN(C(=O)c2cccc(Oc3cccc(C(F)(F)F)c3)c2)CC1. The highest BCUT2D eigenvalue weighted by molar-refractivity contribution is 5.95. The molecule has 1 aliphatic rings. The van der Waals surface area contributed by atoms with Crippen LogP contribution in [-0.2, 0) is 11.0 Å². The molecule has 3 aromatic rings. The van der Waals surface area contributed by atoms with E-state index in [4.69, 9.17) is 4.74 Å². The van der Waals surface area contributed by atoms with Crippen molar-refractivity contribution in [1.82, 2.24) is 4.90 Å². The fourth-order valence-electron chi connectivity index (χ4n) is 3.88. The van der Waals surface area contributed by atoms with Crippen LogP contribution in [0.3, 0.4) is 0 Å². The van der Waals surface area contributed by atoms with Crippen LogP contribution < -0.4 is 10.1 Å². The summed E-state index contributed by atoms with van der Waals surface area (Å²) in [6.45, 7) is 0.788. The number of aromatic hydroxyl groups is 1. The summed E-state index contributed by atoms with van der Waals surface area (Å²) in [4.78, 5) is 27.2. The van der Waals surface area contributed by atoms with E-state index in [1.807, 2.05) is 0 Å². The van der Waals surface area contributed by atoms with Crippen molar-refractivity contribution in [1.29, 1.82) is 0 Å². The second-order valence-corrected chi connectivity index (χ2v) is 8.26. The Balaban J connectivity index is 1.35. The first kappa shape index (κ1) is 24.1. The molecular formula is C26H23F3N2O4. The van der Waals surface area contributed by atoms with Gasteiger partial charge in [0.1, 0.15) is 17.2 Å². The first-order chi connectivity index (χ1) is 16.7. The highest BCUT2D eigenvalue weighted by atomic mass is 19.4. The summed E-state index contributed by atoms with van der Waals surface area (Å²) in [5.41, 5.74) is 0.116. The average Bonchev–Trinajstić information content (AvgIpc) is 2.85. The Morgan fingerprint density at radius 2 is 1.54 bits per heavy atom. The Morgan fingerprint density at radius 1 is 0.914 bits per heavy atom. The fraction of sp³-hybridized carbons (Fsp3) is 0.231. The predicted molar refractivity (Wildman–Crippen MR) is 123 cm³/mol. The second-order valence-electron chi connectivity index (χ2n) is 8.26. The van der Waals surface area contributed by atoms with Crippen LogP contribution in [-0.4, -0.2) is 34.9 Å². The van der Waals surface area contributed by atoms with Crippen molar-refractivity contribution < 1.29 is 32.6 Å². The summed E-state index contributed by atoms with van der Waals surface area (Å²) in [5.74, 6) is -0.248. The fourth-order valence-corrected chi connectivity index (χ4v) is 3.88. The van der Waals surface area contributed by atoms with Crippen LogP contribution in [0, 0.1) is 5.92 Å². The smallest absolute Gasteiger partial charge is 0.416 e. The normalized spacial score (nSPS) is 14.4. The molecule has 9 heteroatoms. The molecule has 1 fully saturated rings. The summed E-state index contributed by atoms with van der Waals surface area (Å²) in [6.07, 6.45) is -3.49. The van der Waals surface area contributed by atoms with Crippen LogP contribution in [0.1, 0.15) is 28.8 Å². The summed E-state index contributed by atoms with van der Waals surface area (Å²) in [6, 6.07) is 17.0. The molecule has 35 heavy (non-hydrogen) atoms. The molecule has 1 heterocycles. The Bertz CT molecular complexity index is 1200. The number of anilines is 1. The number of nitrogens with zero attached hydrogens (tertiary/aromatic N) is 1. The van der Waals surface area contributed by atoms with Gasteiger partial charge >= 0.3 is 6.18 Å². The van der Waals surface area contributed by atoms with E-state index in [0.29, 0.717) is 37.2 Å². The lowest BCUT2D eigenvalue weighted by Gasteiger charge is -2.31. The Morgan fingerprint density at radius 3 is 2.20 bits per heavy atom. The van der Waals surface area contributed by atoms with Gasteiger partial charge in [-0.25, -0.2) is 0 Å². The number of carbonyl (C=O) groups is 2. The number of amides is 2. The van der Waals surface area contributed by atoms with Crippen LogP contribution >= 0.6 is 0 Å². The topological polar surface area (TPSA) is 78.9 Å². The molecule has 0 aromatic heterocycles. The average molecular weight is 484 g/mol. The lowest BCUT2D eigenvalue weighted by molar-refractivity contribution is -0.137. The minimum Gasteiger partial charge on any atom is -0.508 e. The van der Waals surface area contributed by atoms with Crippen molar-refractivity contribution >= 4 is 17.5 Å². The molecule has 0 aliphatic carbocycles. The lowest BCUT2D eigenvalue weighted by Crippen LogP contribution is -2.41. The van der Waals surface area contributed by atoms with Gasteiger partial charge in [-0.15, -0.1) is 0 Å². The minimum atomic E-state index is -4.48.